The summed E-state index contributed by atoms with van der Waals surface area (Å²) in [6.45, 7) is 9.72. The fraction of sp³-hybridized carbons (Fsp3) is 0.621. The third-order valence-corrected chi connectivity index (χ3v) is 10.2. The standard InChI is InChI=1S/C29H40N4O7S/c1-4-23-25-24(17-29(18-30-26(25)34)8-12-38-13-9-29)33(31-23)19-28(2,3)20-40-27(35)21-6-5-7-22(16-21)41(36,37)32-10-14-39-15-11-32/h5-7,16H,4,8-15,17-20H2,1-3H3,(H,30,34). The molecule has 0 atom stereocenters. The molecule has 224 valence electrons. The smallest absolute Gasteiger partial charge is 0.338 e. The summed E-state index contributed by atoms with van der Waals surface area (Å²) in [5.74, 6) is -0.672. The molecule has 4 heterocycles. The van der Waals surface area contributed by atoms with Crippen LogP contribution in [-0.4, -0.2) is 87.0 Å². The molecule has 12 heteroatoms. The Morgan fingerprint density at radius 3 is 2.56 bits per heavy atom. The van der Waals surface area contributed by atoms with Gasteiger partial charge in [-0.3, -0.25) is 9.48 Å². The number of nitrogens with zero attached hydrogens (tertiary/aromatic N) is 3. The van der Waals surface area contributed by atoms with Crippen LogP contribution in [-0.2, 0) is 43.6 Å². The maximum Gasteiger partial charge on any atom is 0.338 e. The first-order valence-corrected chi connectivity index (χ1v) is 15.8. The van der Waals surface area contributed by atoms with Gasteiger partial charge in [-0.15, -0.1) is 0 Å². The second-order valence-corrected chi connectivity index (χ2v) is 14.0. The number of fused-ring (bicyclic) bond motifs is 1. The van der Waals surface area contributed by atoms with Crippen LogP contribution < -0.4 is 5.32 Å². The first kappa shape index (κ1) is 29.7. The van der Waals surface area contributed by atoms with Gasteiger partial charge in [-0.2, -0.15) is 9.40 Å². The van der Waals surface area contributed by atoms with Crippen LogP contribution in [0.4, 0.5) is 0 Å². The molecule has 5 rings (SSSR count). The van der Waals surface area contributed by atoms with Crippen molar-refractivity contribution in [2.45, 2.75) is 57.9 Å². The van der Waals surface area contributed by atoms with Gasteiger partial charge < -0.3 is 19.5 Å². The van der Waals surface area contributed by atoms with Gasteiger partial charge in [0, 0.05) is 44.8 Å². The number of nitrogens with one attached hydrogen (secondary N) is 1. The molecule has 0 radical (unpaired) electrons. The molecule has 1 N–H and O–H groups in total. The minimum Gasteiger partial charge on any atom is -0.461 e. The molecule has 1 spiro atoms. The number of sulfonamides is 1. The SMILES string of the molecule is CCc1nn(CC(C)(C)COC(=O)c2cccc(S(=O)(=O)N3CCOCC3)c2)c2c1C(=O)NCC1(CCOCC1)C2. The Balaban J connectivity index is 1.30. The van der Waals surface area contributed by atoms with Crippen molar-refractivity contribution in [3.05, 3.63) is 46.8 Å². The number of esters is 1. The highest BCUT2D eigenvalue weighted by Gasteiger charge is 2.40. The minimum atomic E-state index is -3.74. The van der Waals surface area contributed by atoms with E-state index < -0.39 is 21.4 Å². The zero-order valence-electron chi connectivity index (χ0n) is 24.1. The van der Waals surface area contributed by atoms with E-state index in [1.807, 2.05) is 25.5 Å². The fourth-order valence-electron chi connectivity index (χ4n) is 5.82. The van der Waals surface area contributed by atoms with Gasteiger partial charge in [0.1, 0.15) is 0 Å². The quantitative estimate of drug-likeness (QED) is 0.466. The number of carbonyl (C=O) groups excluding carboxylic acids is 2. The second-order valence-electron chi connectivity index (χ2n) is 12.0. The molecule has 3 aliphatic heterocycles. The lowest BCUT2D eigenvalue weighted by Crippen LogP contribution is -2.41. The number of aromatic nitrogens is 2. The summed E-state index contributed by atoms with van der Waals surface area (Å²) in [5, 5.41) is 7.97. The van der Waals surface area contributed by atoms with Crippen molar-refractivity contribution in [2.24, 2.45) is 10.8 Å². The van der Waals surface area contributed by atoms with E-state index in [-0.39, 0.29) is 41.5 Å². The summed E-state index contributed by atoms with van der Waals surface area (Å²) in [6, 6.07) is 5.96. The molecular formula is C29H40N4O7S. The Morgan fingerprint density at radius 1 is 1.15 bits per heavy atom. The van der Waals surface area contributed by atoms with Crippen molar-refractivity contribution < 1.29 is 32.2 Å². The molecule has 1 amide bonds. The summed E-state index contributed by atoms with van der Waals surface area (Å²) in [4.78, 5) is 26.2. The molecule has 0 unspecified atom stereocenters. The molecule has 2 fully saturated rings. The van der Waals surface area contributed by atoms with E-state index in [1.54, 1.807) is 12.1 Å². The Kier molecular flexibility index (Phi) is 8.56. The van der Waals surface area contributed by atoms with Crippen LogP contribution >= 0.6 is 0 Å². The molecule has 0 bridgehead atoms. The van der Waals surface area contributed by atoms with Crippen molar-refractivity contribution >= 4 is 21.9 Å². The summed E-state index contributed by atoms with van der Waals surface area (Å²) in [5.41, 5.74) is 1.97. The third kappa shape index (κ3) is 6.35. The maximum absolute atomic E-state index is 13.1. The van der Waals surface area contributed by atoms with Gasteiger partial charge in [0.05, 0.1) is 47.2 Å². The van der Waals surface area contributed by atoms with Crippen molar-refractivity contribution in [3.63, 3.8) is 0 Å². The van der Waals surface area contributed by atoms with Crippen LogP contribution in [0.5, 0.6) is 0 Å². The highest BCUT2D eigenvalue weighted by atomic mass is 32.2. The summed E-state index contributed by atoms with van der Waals surface area (Å²) < 4.78 is 46.0. The van der Waals surface area contributed by atoms with Crippen LogP contribution in [0.3, 0.4) is 0 Å². The number of ether oxygens (including phenoxy) is 3. The Labute approximate surface area is 241 Å². The van der Waals surface area contributed by atoms with E-state index in [1.165, 1.54) is 16.4 Å². The normalized spacial score (nSPS) is 19.8. The number of morpholine rings is 1. The van der Waals surface area contributed by atoms with E-state index in [4.69, 9.17) is 19.3 Å². The topological polar surface area (TPSA) is 129 Å². The van der Waals surface area contributed by atoms with E-state index in [9.17, 15) is 18.0 Å². The first-order chi connectivity index (χ1) is 19.5. The van der Waals surface area contributed by atoms with Crippen LogP contribution in [0.15, 0.2) is 29.2 Å². The molecule has 11 nitrogen and oxygen atoms in total. The number of carbonyl (C=O) groups is 2. The number of hydrogen-bond acceptors (Lipinski definition) is 8. The number of amides is 1. The van der Waals surface area contributed by atoms with Gasteiger partial charge >= 0.3 is 5.97 Å². The van der Waals surface area contributed by atoms with Crippen molar-refractivity contribution in [3.8, 4) is 0 Å². The van der Waals surface area contributed by atoms with Gasteiger partial charge in [-0.25, -0.2) is 13.2 Å². The Hall–Kier alpha value is -2.80. The van der Waals surface area contributed by atoms with E-state index in [2.05, 4.69) is 5.32 Å². The fourth-order valence-corrected chi connectivity index (χ4v) is 7.27. The number of rotatable bonds is 8. The van der Waals surface area contributed by atoms with Gasteiger partial charge in [0.15, 0.2) is 0 Å². The van der Waals surface area contributed by atoms with Crippen LogP contribution in [0.25, 0.3) is 0 Å². The van der Waals surface area contributed by atoms with Crippen molar-refractivity contribution in [1.82, 2.24) is 19.4 Å². The largest absolute Gasteiger partial charge is 0.461 e. The van der Waals surface area contributed by atoms with Crippen molar-refractivity contribution in [1.29, 1.82) is 0 Å². The summed E-state index contributed by atoms with van der Waals surface area (Å²) in [7, 11) is -3.74. The molecule has 0 saturated carbocycles. The van der Waals surface area contributed by atoms with Gasteiger partial charge in [-0.05, 0) is 49.3 Å². The lowest BCUT2D eigenvalue weighted by Gasteiger charge is -2.36. The highest BCUT2D eigenvalue weighted by Crippen LogP contribution is 2.38. The molecule has 1 aromatic carbocycles. The number of benzene rings is 1. The van der Waals surface area contributed by atoms with Crippen LogP contribution in [0.1, 0.15) is 65.7 Å². The molecule has 0 aliphatic carbocycles. The van der Waals surface area contributed by atoms with Crippen LogP contribution in [0, 0.1) is 10.8 Å². The lowest BCUT2D eigenvalue weighted by atomic mass is 9.76. The average molecular weight is 589 g/mol. The monoisotopic (exact) mass is 588 g/mol. The lowest BCUT2D eigenvalue weighted by molar-refractivity contribution is 0.0145. The molecular weight excluding hydrogens is 548 g/mol. The zero-order valence-corrected chi connectivity index (χ0v) is 24.9. The van der Waals surface area contributed by atoms with E-state index >= 15 is 0 Å². The van der Waals surface area contributed by atoms with Crippen molar-refractivity contribution in [2.75, 3.05) is 52.7 Å². The van der Waals surface area contributed by atoms with Crippen LogP contribution in [0.2, 0.25) is 0 Å². The Morgan fingerprint density at radius 2 is 1.85 bits per heavy atom. The molecule has 2 aromatic rings. The van der Waals surface area contributed by atoms with E-state index in [0.717, 1.165) is 30.7 Å². The first-order valence-electron chi connectivity index (χ1n) is 14.3. The molecule has 2 saturated heterocycles. The minimum absolute atomic E-state index is 0.0553. The van der Waals surface area contributed by atoms with Gasteiger partial charge in [-0.1, -0.05) is 26.8 Å². The third-order valence-electron chi connectivity index (χ3n) is 8.26. The Bertz CT molecular complexity index is 1390. The number of aryl methyl sites for hydroxylation is 1. The van der Waals surface area contributed by atoms with E-state index in [0.29, 0.717) is 51.5 Å². The summed E-state index contributed by atoms with van der Waals surface area (Å²) in [6.07, 6.45) is 3.12. The second kappa shape index (κ2) is 11.8. The molecule has 41 heavy (non-hydrogen) atoms. The van der Waals surface area contributed by atoms with Gasteiger partial charge in [0.25, 0.3) is 5.91 Å². The molecule has 3 aliphatic rings. The number of hydrogen-bond donors (Lipinski definition) is 1. The predicted octanol–water partition coefficient (Wildman–Crippen LogP) is 2.43. The highest BCUT2D eigenvalue weighted by molar-refractivity contribution is 7.89. The summed E-state index contributed by atoms with van der Waals surface area (Å²) >= 11 is 0. The zero-order chi connectivity index (χ0) is 29.3. The predicted molar refractivity (Wildman–Crippen MR) is 150 cm³/mol. The molecule has 1 aromatic heterocycles. The maximum atomic E-state index is 13.1. The van der Waals surface area contributed by atoms with Gasteiger partial charge in [0.2, 0.25) is 10.0 Å². The average Bonchev–Trinajstić information content (AvgIpc) is 3.24.